The van der Waals surface area contributed by atoms with E-state index >= 15 is 0 Å². The Morgan fingerprint density at radius 3 is 2.65 bits per heavy atom. The summed E-state index contributed by atoms with van der Waals surface area (Å²) in [4.78, 5) is 7.16. The molecule has 0 saturated heterocycles. The Morgan fingerprint density at radius 1 is 1.18 bits per heavy atom. The van der Waals surface area contributed by atoms with Crippen LogP contribution >= 0.6 is 0 Å². The van der Waals surface area contributed by atoms with Crippen molar-refractivity contribution in [2.75, 3.05) is 6.61 Å². The van der Waals surface area contributed by atoms with Gasteiger partial charge >= 0.3 is 0 Å². The second-order valence-electron chi connectivity index (χ2n) is 3.16. The van der Waals surface area contributed by atoms with Crippen molar-refractivity contribution in [2.24, 2.45) is 0 Å². The number of benzene rings is 1. The molecule has 0 aliphatic rings. The normalized spacial score (nSPS) is 10.0. The van der Waals surface area contributed by atoms with Crippen LogP contribution in [0.2, 0.25) is 0 Å². The van der Waals surface area contributed by atoms with Gasteiger partial charge in [-0.2, -0.15) is 4.39 Å². The first-order valence-corrected chi connectivity index (χ1v) is 5.17. The summed E-state index contributed by atoms with van der Waals surface area (Å²) in [5.74, 6) is 0.593. The Balaban J connectivity index is 2.23. The molecule has 0 bridgehead atoms. The lowest BCUT2D eigenvalue weighted by Gasteiger charge is -2.09. The average Bonchev–Trinajstić information content (AvgIpc) is 2.32. The summed E-state index contributed by atoms with van der Waals surface area (Å²) >= 11 is 0. The highest BCUT2D eigenvalue weighted by molar-refractivity contribution is 5.41. The molecule has 1 heterocycles. The van der Waals surface area contributed by atoms with Gasteiger partial charge < -0.3 is 9.47 Å². The van der Waals surface area contributed by atoms with Crippen LogP contribution in [0, 0.1) is 5.95 Å². The van der Waals surface area contributed by atoms with Crippen LogP contribution in [0.5, 0.6) is 17.4 Å². The van der Waals surface area contributed by atoms with Crippen molar-refractivity contribution in [3.05, 3.63) is 42.6 Å². The van der Waals surface area contributed by atoms with Crippen LogP contribution in [-0.4, -0.2) is 16.6 Å². The fraction of sp³-hybridized carbons (Fsp3) is 0.167. The highest BCUT2D eigenvalue weighted by atomic mass is 19.1. The number of halogens is 1. The molecule has 1 aromatic heterocycles. The number of aromatic nitrogens is 2. The van der Waals surface area contributed by atoms with E-state index in [2.05, 4.69) is 9.97 Å². The maximum absolute atomic E-state index is 12.9. The molecule has 0 amide bonds. The Kier molecular flexibility index (Phi) is 3.49. The third kappa shape index (κ3) is 2.90. The Labute approximate surface area is 98.1 Å². The molecule has 5 heteroatoms. The zero-order valence-corrected chi connectivity index (χ0v) is 9.26. The van der Waals surface area contributed by atoms with Gasteiger partial charge in [0.05, 0.1) is 12.7 Å². The smallest absolute Gasteiger partial charge is 0.225 e. The molecule has 0 N–H and O–H groups in total. The van der Waals surface area contributed by atoms with Crippen molar-refractivity contribution < 1.29 is 13.9 Å². The van der Waals surface area contributed by atoms with Gasteiger partial charge in [-0.1, -0.05) is 12.1 Å². The number of nitrogens with zero attached hydrogens (tertiary/aromatic N) is 2. The number of para-hydroxylation sites is 2. The van der Waals surface area contributed by atoms with Crippen molar-refractivity contribution in [1.29, 1.82) is 0 Å². The molecule has 0 fully saturated rings. The Morgan fingerprint density at radius 2 is 1.94 bits per heavy atom. The maximum atomic E-state index is 12.9. The van der Waals surface area contributed by atoms with Crippen molar-refractivity contribution in [3.63, 3.8) is 0 Å². The topological polar surface area (TPSA) is 44.2 Å². The molecule has 0 spiro atoms. The molecule has 0 saturated carbocycles. The molecule has 0 aliphatic carbocycles. The van der Waals surface area contributed by atoms with Gasteiger partial charge in [0, 0.05) is 0 Å². The lowest BCUT2D eigenvalue weighted by atomic mass is 10.3. The van der Waals surface area contributed by atoms with Crippen LogP contribution in [0.25, 0.3) is 0 Å². The lowest BCUT2D eigenvalue weighted by Crippen LogP contribution is -1.96. The van der Waals surface area contributed by atoms with Crippen molar-refractivity contribution in [3.8, 4) is 17.4 Å². The number of hydrogen-bond acceptors (Lipinski definition) is 4. The van der Waals surface area contributed by atoms with E-state index in [0.29, 0.717) is 18.1 Å². The van der Waals surface area contributed by atoms with Gasteiger partial charge in [0.15, 0.2) is 11.5 Å². The first-order chi connectivity index (χ1) is 8.29. The van der Waals surface area contributed by atoms with E-state index in [1.807, 2.05) is 13.0 Å². The molecule has 0 atom stereocenters. The van der Waals surface area contributed by atoms with Crippen LogP contribution < -0.4 is 9.47 Å². The summed E-state index contributed by atoms with van der Waals surface area (Å²) < 4.78 is 23.7. The van der Waals surface area contributed by atoms with Crippen molar-refractivity contribution >= 4 is 0 Å². The molecule has 1 aromatic carbocycles. The first-order valence-electron chi connectivity index (χ1n) is 5.17. The minimum atomic E-state index is -0.635. The van der Waals surface area contributed by atoms with E-state index in [9.17, 15) is 4.39 Å². The quantitative estimate of drug-likeness (QED) is 0.763. The Bertz CT molecular complexity index is 505. The van der Waals surface area contributed by atoms with Gasteiger partial charge in [-0.3, -0.25) is 0 Å². The zero-order chi connectivity index (χ0) is 12.1. The summed E-state index contributed by atoms with van der Waals surface area (Å²) in [6.45, 7) is 2.40. The largest absolute Gasteiger partial charge is 0.490 e. The van der Waals surface area contributed by atoms with E-state index in [-0.39, 0.29) is 5.88 Å². The molecule has 2 rings (SSSR count). The van der Waals surface area contributed by atoms with Gasteiger partial charge in [-0.25, -0.2) is 9.97 Å². The zero-order valence-electron chi connectivity index (χ0n) is 9.26. The number of hydrogen-bond donors (Lipinski definition) is 0. The molecule has 0 aliphatic heterocycles. The summed E-state index contributed by atoms with van der Waals surface area (Å²) in [6.07, 6.45) is 1.11. The average molecular weight is 234 g/mol. The van der Waals surface area contributed by atoms with E-state index in [1.54, 1.807) is 18.2 Å². The summed E-state index contributed by atoms with van der Waals surface area (Å²) in [6, 6.07) is 8.25. The van der Waals surface area contributed by atoms with Gasteiger partial charge in [0.25, 0.3) is 0 Å². The molecule has 0 unspecified atom stereocenters. The van der Waals surface area contributed by atoms with Crippen LogP contribution in [-0.2, 0) is 0 Å². The Hall–Kier alpha value is -2.17. The second kappa shape index (κ2) is 5.25. The van der Waals surface area contributed by atoms with Gasteiger partial charge in [-0.05, 0) is 19.1 Å². The maximum Gasteiger partial charge on any atom is 0.225 e. The monoisotopic (exact) mass is 234 g/mol. The van der Waals surface area contributed by atoms with Crippen molar-refractivity contribution in [1.82, 2.24) is 9.97 Å². The standard InChI is InChI=1S/C12H11FN2O2/c1-2-16-9-5-3-4-6-10(9)17-12-7-11(13)14-8-15-12/h3-8H,2H2,1H3. The molecule has 17 heavy (non-hydrogen) atoms. The predicted molar refractivity (Wildman–Crippen MR) is 59.7 cm³/mol. The van der Waals surface area contributed by atoms with E-state index < -0.39 is 5.95 Å². The predicted octanol–water partition coefficient (Wildman–Crippen LogP) is 2.81. The van der Waals surface area contributed by atoms with Crippen LogP contribution in [0.15, 0.2) is 36.7 Å². The highest BCUT2D eigenvalue weighted by Gasteiger charge is 2.06. The van der Waals surface area contributed by atoms with Gasteiger partial charge in [-0.15, -0.1) is 0 Å². The van der Waals surface area contributed by atoms with E-state index in [4.69, 9.17) is 9.47 Å². The molecule has 2 aromatic rings. The molecular weight excluding hydrogens is 223 g/mol. The molecule has 4 nitrogen and oxygen atoms in total. The minimum Gasteiger partial charge on any atom is -0.490 e. The molecular formula is C12H11FN2O2. The fourth-order valence-corrected chi connectivity index (χ4v) is 1.30. The van der Waals surface area contributed by atoms with Crippen molar-refractivity contribution in [2.45, 2.75) is 6.92 Å². The second-order valence-corrected chi connectivity index (χ2v) is 3.16. The summed E-state index contributed by atoms with van der Waals surface area (Å²) in [7, 11) is 0. The molecule has 0 radical (unpaired) electrons. The SMILES string of the molecule is CCOc1ccccc1Oc1cc(F)ncn1. The van der Waals surface area contributed by atoms with Gasteiger partial charge in [0.1, 0.15) is 6.33 Å². The third-order valence-electron chi connectivity index (χ3n) is 1.97. The summed E-state index contributed by atoms with van der Waals surface area (Å²) in [5, 5.41) is 0. The lowest BCUT2D eigenvalue weighted by molar-refractivity contribution is 0.319. The fourth-order valence-electron chi connectivity index (χ4n) is 1.30. The number of ether oxygens (including phenoxy) is 2. The van der Waals surface area contributed by atoms with Crippen LogP contribution in [0.4, 0.5) is 4.39 Å². The first kappa shape index (κ1) is 11.3. The van der Waals surface area contributed by atoms with Crippen LogP contribution in [0.1, 0.15) is 6.92 Å². The highest BCUT2D eigenvalue weighted by Crippen LogP contribution is 2.30. The van der Waals surface area contributed by atoms with E-state index in [0.717, 1.165) is 12.4 Å². The number of rotatable bonds is 4. The summed E-state index contributed by atoms with van der Waals surface area (Å²) in [5.41, 5.74) is 0. The minimum absolute atomic E-state index is 0.143. The van der Waals surface area contributed by atoms with Crippen LogP contribution in [0.3, 0.4) is 0 Å². The molecule has 88 valence electrons. The third-order valence-corrected chi connectivity index (χ3v) is 1.97. The van der Waals surface area contributed by atoms with E-state index in [1.165, 1.54) is 0 Å². The van der Waals surface area contributed by atoms with Gasteiger partial charge in [0.2, 0.25) is 11.8 Å².